The SMILES string of the molecule is CCC(NCCS(C)(=O)=O)c1ccc(Cl)c(Cl)c1. The maximum absolute atomic E-state index is 11.1. The van der Waals surface area contributed by atoms with E-state index in [-0.39, 0.29) is 11.8 Å². The number of rotatable bonds is 6. The van der Waals surface area contributed by atoms with Crippen molar-refractivity contribution in [2.45, 2.75) is 19.4 Å². The van der Waals surface area contributed by atoms with Gasteiger partial charge in [-0.1, -0.05) is 36.2 Å². The fraction of sp³-hybridized carbons (Fsp3) is 0.500. The fourth-order valence-corrected chi connectivity index (χ4v) is 2.44. The van der Waals surface area contributed by atoms with E-state index in [9.17, 15) is 8.42 Å². The van der Waals surface area contributed by atoms with Gasteiger partial charge in [-0.25, -0.2) is 8.42 Å². The van der Waals surface area contributed by atoms with Gasteiger partial charge in [0, 0.05) is 18.8 Å². The third-order valence-corrected chi connectivity index (χ3v) is 4.30. The molecule has 1 rings (SSSR count). The van der Waals surface area contributed by atoms with Crippen LogP contribution in [0.1, 0.15) is 24.9 Å². The summed E-state index contributed by atoms with van der Waals surface area (Å²) in [7, 11) is -2.93. The van der Waals surface area contributed by atoms with Crippen LogP contribution in [-0.2, 0) is 9.84 Å². The zero-order valence-electron chi connectivity index (χ0n) is 10.4. The number of nitrogens with one attached hydrogen (secondary N) is 1. The summed E-state index contributed by atoms with van der Waals surface area (Å²) in [6, 6.07) is 5.54. The van der Waals surface area contributed by atoms with Crippen LogP contribution in [-0.4, -0.2) is 27.0 Å². The lowest BCUT2D eigenvalue weighted by Gasteiger charge is -2.17. The van der Waals surface area contributed by atoms with Crippen LogP contribution in [0.4, 0.5) is 0 Å². The van der Waals surface area contributed by atoms with Gasteiger partial charge < -0.3 is 5.32 Å². The van der Waals surface area contributed by atoms with Crippen molar-refractivity contribution in [3.63, 3.8) is 0 Å². The summed E-state index contributed by atoms with van der Waals surface area (Å²) < 4.78 is 22.1. The Labute approximate surface area is 118 Å². The van der Waals surface area contributed by atoms with Crippen LogP contribution in [0.2, 0.25) is 10.0 Å². The Kier molecular flexibility index (Phi) is 5.92. The van der Waals surface area contributed by atoms with Gasteiger partial charge in [-0.05, 0) is 24.1 Å². The highest BCUT2D eigenvalue weighted by Gasteiger charge is 2.11. The van der Waals surface area contributed by atoms with E-state index in [0.717, 1.165) is 12.0 Å². The summed E-state index contributed by atoms with van der Waals surface area (Å²) >= 11 is 11.8. The maximum Gasteiger partial charge on any atom is 0.148 e. The minimum Gasteiger partial charge on any atom is -0.309 e. The smallest absolute Gasteiger partial charge is 0.148 e. The van der Waals surface area contributed by atoms with Gasteiger partial charge in [-0.3, -0.25) is 0 Å². The summed E-state index contributed by atoms with van der Waals surface area (Å²) in [5, 5.41) is 4.24. The van der Waals surface area contributed by atoms with E-state index < -0.39 is 9.84 Å². The topological polar surface area (TPSA) is 46.2 Å². The van der Waals surface area contributed by atoms with E-state index in [2.05, 4.69) is 5.32 Å². The first kappa shape index (κ1) is 15.8. The van der Waals surface area contributed by atoms with Gasteiger partial charge in [0.25, 0.3) is 0 Å². The first-order valence-electron chi connectivity index (χ1n) is 5.69. The maximum atomic E-state index is 11.1. The van der Waals surface area contributed by atoms with E-state index in [4.69, 9.17) is 23.2 Å². The van der Waals surface area contributed by atoms with Gasteiger partial charge in [0.1, 0.15) is 9.84 Å². The molecule has 0 aliphatic carbocycles. The summed E-state index contributed by atoms with van der Waals surface area (Å²) in [6.45, 7) is 2.46. The second kappa shape index (κ2) is 6.75. The molecule has 0 aliphatic rings. The van der Waals surface area contributed by atoms with E-state index in [1.807, 2.05) is 19.1 Å². The second-order valence-electron chi connectivity index (χ2n) is 4.22. The molecule has 3 nitrogen and oxygen atoms in total. The zero-order chi connectivity index (χ0) is 13.8. The van der Waals surface area contributed by atoms with E-state index in [1.54, 1.807) is 6.07 Å². The lowest BCUT2D eigenvalue weighted by atomic mass is 10.0. The van der Waals surface area contributed by atoms with Crippen molar-refractivity contribution >= 4 is 33.0 Å². The van der Waals surface area contributed by atoms with Crippen molar-refractivity contribution in [2.75, 3.05) is 18.6 Å². The van der Waals surface area contributed by atoms with Crippen LogP contribution in [0.5, 0.6) is 0 Å². The highest BCUT2D eigenvalue weighted by Crippen LogP contribution is 2.26. The van der Waals surface area contributed by atoms with Crippen molar-refractivity contribution in [3.8, 4) is 0 Å². The van der Waals surface area contributed by atoms with E-state index in [1.165, 1.54) is 6.26 Å². The third-order valence-electron chi connectivity index (χ3n) is 2.62. The Morgan fingerprint density at radius 3 is 2.44 bits per heavy atom. The van der Waals surface area contributed by atoms with E-state index >= 15 is 0 Å². The summed E-state index contributed by atoms with van der Waals surface area (Å²) in [5.74, 6) is 0.130. The molecule has 0 spiro atoms. The zero-order valence-corrected chi connectivity index (χ0v) is 12.7. The minimum atomic E-state index is -2.93. The van der Waals surface area contributed by atoms with Crippen LogP contribution < -0.4 is 5.32 Å². The van der Waals surface area contributed by atoms with Crippen LogP contribution in [0.3, 0.4) is 0 Å². The van der Waals surface area contributed by atoms with Gasteiger partial charge in [0.05, 0.1) is 15.8 Å². The number of hydrogen-bond donors (Lipinski definition) is 1. The molecule has 102 valence electrons. The summed E-state index contributed by atoms with van der Waals surface area (Å²) in [5.41, 5.74) is 1.01. The Hall–Kier alpha value is -0.290. The van der Waals surface area contributed by atoms with E-state index in [0.29, 0.717) is 16.6 Å². The lowest BCUT2D eigenvalue weighted by Crippen LogP contribution is -2.26. The third kappa shape index (κ3) is 5.14. The first-order chi connectivity index (χ1) is 8.33. The summed E-state index contributed by atoms with van der Waals surface area (Å²) in [4.78, 5) is 0. The molecule has 6 heteroatoms. The molecule has 0 saturated heterocycles. The van der Waals surface area contributed by atoms with Gasteiger partial charge in [0.2, 0.25) is 0 Å². The molecule has 0 heterocycles. The highest BCUT2D eigenvalue weighted by atomic mass is 35.5. The second-order valence-corrected chi connectivity index (χ2v) is 7.29. The molecule has 0 amide bonds. The predicted octanol–water partition coefficient (Wildman–Crippen LogP) is 3.08. The largest absolute Gasteiger partial charge is 0.309 e. The number of benzene rings is 1. The molecular formula is C12H17Cl2NO2S. The Bertz CT molecular complexity index is 503. The molecular weight excluding hydrogens is 293 g/mol. The van der Waals surface area contributed by atoms with Gasteiger partial charge in [-0.2, -0.15) is 0 Å². The van der Waals surface area contributed by atoms with Crippen molar-refractivity contribution in [1.82, 2.24) is 5.32 Å². The molecule has 0 saturated carbocycles. The minimum absolute atomic E-state index is 0.0847. The van der Waals surface area contributed by atoms with Crippen LogP contribution >= 0.6 is 23.2 Å². The average molecular weight is 310 g/mol. The molecule has 0 aromatic heterocycles. The molecule has 1 unspecified atom stereocenters. The predicted molar refractivity (Wildman–Crippen MR) is 77.2 cm³/mol. The molecule has 1 aromatic rings. The number of hydrogen-bond acceptors (Lipinski definition) is 3. The molecule has 0 aliphatic heterocycles. The monoisotopic (exact) mass is 309 g/mol. The number of halogens is 2. The molecule has 18 heavy (non-hydrogen) atoms. The van der Waals surface area contributed by atoms with Gasteiger partial charge in [-0.15, -0.1) is 0 Å². The van der Waals surface area contributed by atoms with Crippen molar-refractivity contribution in [2.24, 2.45) is 0 Å². The fourth-order valence-electron chi connectivity index (χ4n) is 1.65. The molecule has 0 radical (unpaired) electrons. The van der Waals surface area contributed by atoms with Crippen molar-refractivity contribution < 1.29 is 8.42 Å². The molecule has 0 bridgehead atoms. The summed E-state index contributed by atoms with van der Waals surface area (Å²) in [6.07, 6.45) is 2.08. The van der Waals surface area contributed by atoms with Crippen LogP contribution in [0.15, 0.2) is 18.2 Å². The average Bonchev–Trinajstić information content (AvgIpc) is 2.27. The van der Waals surface area contributed by atoms with Gasteiger partial charge in [0.15, 0.2) is 0 Å². The van der Waals surface area contributed by atoms with Crippen molar-refractivity contribution in [1.29, 1.82) is 0 Å². The van der Waals surface area contributed by atoms with Crippen molar-refractivity contribution in [3.05, 3.63) is 33.8 Å². The molecule has 1 atom stereocenters. The van der Waals surface area contributed by atoms with Crippen LogP contribution in [0, 0.1) is 0 Å². The quantitative estimate of drug-likeness (QED) is 0.878. The molecule has 1 aromatic carbocycles. The van der Waals surface area contributed by atoms with Crippen LogP contribution in [0.25, 0.3) is 0 Å². The molecule has 0 fully saturated rings. The lowest BCUT2D eigenvalue weighted by molar-refractivity contribution is 0.532. The first-order valence-corrected chi connectivity index (χ1v) is 8.51. The normalized spacial score (nSPS) is 13.6. The van der Waals surface area contributed by atoms with Gasteiger partial charge >= 0.3 is 0 Å². The molecule has 1 N–H and O–H groups in total. The standard InChI is InChI=1S/C12H17Cl2NO2S/c1-3-12(15-6-7-18(2,16)17)9-4-5-10(13)11(14)8-9/h4-5,8,12,15H,3,6-7H2,1-2H3. The number of sulfone groups is 1. The highest BCUT2D eigenvalue weighted by molar-refractivity contribution is 7.90. The Morgan fingerprint density at radius 1 is 1.28 bits per heavy atom. The Balaban J connectivity index is 2.68. The Morgan fingerprint density at radius 2 is 1.94 bits per heavy atom.